The zero-order chi connectivity index (χ0) is 18.4. The molecule has 0 spiro atoms. The summed E-state index contributed by atoms with van der Waals surface area (Å²) in [6.45, 7) is 0.750. The lowest BCUT2D eigenvalue weighted by molar-refractivity contribution is 0.0697. The number of anilines is 3. The molecule has 134 valence electrons. The van der Waals surface area contributed by atoms with Gasteiger partial charge in [0.15, 0.2) is 5.69 Å². The standard InChI is InChI=1S/C18H20N6O2/c19-7-13-9-22-17(11-20-13)24-16-6-15(14(10-23-16)18(25)26)21-8-12-4-2-1-3-5-12/h6,9-12H,1-5,8H2,(H,25,26)(H2,21,22,23,24). The van der Waals surface area contributed by atoms with Crippen LogP contribution in [0.15, 0.2) is 24.7 Å². The van der Waals surface area contributed by atoms with Crippen molar-refractivity contribution < 1.29 is 9.90 Å². The molecule has 2 aromatic rings. The predicted molar refractivity (Wildman–Crippen MR) is 96.3 cm³/mol. The van der Waals surface area contributed by atoms with E-state index < -0.39 is 5.97 Å². The largest absolute Gasteiger partial charge is 0.478 e. The molecule has 1 aliphatic carbocycles. The van der Waals surface area contributed by atoms with Crippen LogP contribution < -0.4 is 10.6 Å². The van der Waals surface area contributed by atoms with Crippen LogP contribution in [0.4, 0.5) is 17.3 Å². The number of nitriles is 1. The molecular formula is C18H20N6O2. The first-order valence-electron chi connectivity index (χ1n) is 8.62. The van der Waals surface area contributed by atoms with E-state index in [1.54, 1.807) is 6.07 Å². The van der Waals surface area contributed by atoms with Crippen LogP contribution in [-0.2, 0) is 0 Å². The lowest BCUT2D eigenvalue weighted by Gasteiger charge is -2.22. The minimum absolute atomic E-state index is 0.136. The summed E-state index contributed by atoms with van der Waals surface area (Å²) in [6, 6.07) is 3.56. The number of carboxylic acids is 1. The van der Waals surface area contributed by atoms with Crippen molar-refractivity contribution in [2.45, 2.75) is 32.1 Å². The van der Waals surface area contributed by atoms with Crippen molar-refractivity contribution in [2.75, 3.05) is 17.2 Å². The highest BCUT2D eigenvalue weighted by Gasteiger charge is 2.16. The van der Waals surface area contributed by atoms with Gasteiger partial charge in [0, 0.05) is 18.8 Å². The second-order valence-electron chi connectivity index (χ2n) is 6.33. The third kappa shape index (κ3) is 4.45. The minimum atomic E-state index is -1.02. The Bertz CT molecular complexity index is 809. The van der Waals surface area contributed by atoms with Crippen LogP contribution in [0.1, 0.15) is 48.2 Å². The molecule has 3 rings (SSSR count). The third-order valence-electron chi connectivity index (χ3n) is 4.46. The maximum atomic E-state index is 11.5. The molecule has 0 aliphatic heterocycles. The SMILES string of the molecule is N#Cc1cnc(Nc2cc(NCC3CCCCC3)c(C(=O)O)cn2)cn1. The van der Waals surface area contributed by atoms with E-state index in [2.05, 4.69) is 25.6 Å². The number of aromatic nitrogens is 3. The van der Waals surface area contributed by atoms with Crippen LogP contribution in [0.2, 0.25) is 0 Å². The molecule has 0 unspecified atom stereocenters. The van der Waals surface area contributed by atoms with Crippen molar-refractivity contribution in [1.82, 2.24) is 15.0 Å². The molecule has 1 aliphatic rings. The highest BCUT2D eigenvalue weighted by atomic mass is 16.4. The molecule has 8 nitrogen and oxygen atoms in total. The number of rotatable bonds is 6. The quantitative estimate of drug-likeness (QED) is 0.724. The summed E-state index contributed by atoms with van der Waals surface area (Å²) in [6.07, 6.45) is 10.2. The van der Waals surface area contributed by atoms with Crippen molar-refractivity contribution in [1.29, 1.82) is 5.26 Å². The van der Waals surface area contributed by atoms with Crippen molar-refractivity contribution >= 4 is 23.3 Å². The molecule has 3 N–H and O–H groups in total. The summed E-state index contributed by atoms with van der Waals surface area (Å²) in [5, 5.41) is 24.4. The van der Waals surface area contributed by atoms with Crippen LogP contribution in [0.5, 0.6) is 0 Å². The number of hydrogen-bond donors (Lipinski definition) is 3. The van der Waals surface area contributed by atoms with E-state index in [1.165, 1.54) is 50.7 Å². The smallest absolute Gasteiger partial charge is 0.339 e. The van der Waals surface area contributed by atoms with Gasteiger partial charge in [-0.05, 0) is 18.8 Å². The summed E-state index contributed by atoms with van der Waals surface area (Å²) in [7, 11) is 0. The van der Waals surface area contributed by atoms with E-state index in [0.29, 0.717) is 23.2 Å². The van der Waals surface area contributed by atoms with Gasteiger partial charge in [-0.1, -0.05) is 19.3 Å². The fraction of sp³-hybridized carbons (Fsp3) is 0.389. The Balaban J connectivity index is 1.74. The van der Waals surface area contributed by atoms with Crippen LogP contribution >= 0.6 is 0 Å². The van der Waals surface area contributed by atoms with Gasteiger partial charge < -0.3 is 15.7 Å². The molecule has 2 aromatic heterocycles. The minimum Gasteiger partial charge on any atom is -0.478 e. The number of aromatic carboxylic acids is 1. The van der Waals surface area contributed by atoms with E-state index in [1.807, 2.05) is 6.07 Å². The van der Waals surface area contributed by atoms with Crippen molar-refractivity contribution in [2.24, 2.45) is 5.92 Å². The number of nitrogens with one attached hydrogen (secondary N) is 2. The van der Waals surface area contributed by atoms with Crippen LogP contribution in [0, 0.1) is 17.2 Å². The predicted octanol–water partition coefficient (Wildman–Crippen LogP) is 3.18. The summed E-state index contributed by atoms with van der Waals surface area (Å²) in [4.78, 5) is 23.6. The Kier molecular flexibility index (Phi) is 5.59. The molecule has 0 radical (unpaired) electrons. The van der Waals surface area contributed by atoms with Crippen molar-refractivity contribution in [3.63, 3.8) is 0 Å². The maximum absolute atomic E-state index is 11.5. The average Bonchev–Trinajstić information content (AvgIpc) is 2.68. The van der Waals surface area contributed by atoms with Gasteiger partial charge in [-0.25, -0.2) is 19.7 Å². The van der Waals surface area contributed by atoms with Gasteiger partial charge in [-0.3, -0.25) is 0 Å². The molecule has 0 bridgehead atoms. The van der Waals surface area contributed by atoms with E-state index in [-0.39, 0.29) is 11.3 Å². The first kappa shape index (κ1) is 17.6. The topological polar surface area (TPSA) is 124 Å². The normalized spacial score (nSPS) is 14.4. The van der Waals surface area contributed by atoms with Gasteiger partial charge in [0.1, 0.15) is 23.3 Å². The first-order chi connectivity index (χ1) is 12.7. The Morgan fingerprint density at radius 2 is 1.92 bits per heavy atom. The zero-order valence-corrected chi connectivity index (χ0v) is 14.3. The molecule has 1 fully saturated rings. The molecule has 0 amide bonds. The van der Waals surface area contributed by atoms with Crippen molar-refractivity contribution in [3.8, 4) is 6.07 Å². The van der Waals surface area contributed by atoms with Gasteiger partial charge in [0.2, 0.25) is 0 Å². The molecule has 0 aromatic carbocycles. The van der Waals surface area contributed by atoms with E-state index in [4.69, 9.17) is 5.26 Å². The Hall–Kier alpha value is -3.21. The summed E-state index contributed by atoms with van der Waals surface area (Å²) >= 11 is 0. The number of carboxylic acid groups (broad SMARTS) is 1. The fourth-order valence-electron chi connectivity index (χ4n) is 3.07. The van der Waals surface area contributed by atoms with Crippen molar-refractivity contribution in [3.05, 3.63) is 35.9 Å². The number of carbonyl (C=O) groups is 1. The van der Waals surface area contributed by atoms with Gasteiger partial charge in [0.25, 0.3) is 0 Å². The molecule has 1 saturated carbocycles. The molecule has 26 heavy (non-hydrogen) atoms. The Morgan fingerprint density at radius 3 is 2.58 bits per heavy atom. The maximum Gasteiger partial charge on any atom is 0.339 e. The molecule has 8 heteroatoms. The lowest BCUT2D eigenvalue weighted by Crippen LogP contribution is -2.18. The second-order valence-corrected chi connectivity index (χ2v) is 6.33. The fourth-order valence-corrected chi connectivity index (χ4v) is 3.07. The van der Waals surface area contributed by atoms with Gasteiger partial charge in [-0.15, -0.1) is 0 Å². The Morgan fingerprint density at radius 1 is 1.15 bits per heavy atom. The summed E-state index contributed by atoms with van der Waals surface area (Å²) < 4.78 is 0. The molecule has 0 saturated heterocycles. The highest BCUT2D eigenvalue weighted by Crippen LogP contribution is 2.26. The zero-order valence-electron chi connectivity index (χ0n) is 14.3. The summed E-state index contributed by atoms with van der Waals surface area (Å²) in [5.41, 5.74) is 0.888. The Labute approximate surface area is 151 Å². The first-order valence-corrected chi connectivity index (χ1v) is 8.62. The van der Waals surface area contributed by atoms with Crippen LogP contribution in [0.3, 0.4) is 0 Å². The molecule has 2 heterocycles. The lowest BCUT2D eigenvalue weighted by atomic mass is 9.89. The summed E-state index contributed by atoms with van der Waals surface area (Å²) in [5.74, 6) is 0.436. The molecule has 0 atom stereocenters. The van der Waals surface area contributed by atoms with Gasteiger partial charge in [-0.2, -0.15) is 5.26 Å². The molecular weight excluding hydrogens is 332 g/mol. The second kappa shape index (κ2) is 8.25. The monoisotopic (exact) mass is 352 g/mol. The third-order valence-corrected chi connectivity index (χ3v) is 4.46. The number of pyridine rings is 1. The van der Waals surface area contributed by atoms with E-state index >= 15 is 0 Å². The van der Waals surface area contributed by atoms with E-state index in [0.717, 1.165) is 6.54 Å². The van der Waals surface area contributed by atoms with Crippen LogP contribution in [-0.4, -0.2) is 32.6 Å². The van der Waals surface area contributed by atoms with Gasteiger partial charge >= 0.3 is 5.97 Å². The highest BCUT2D eigenvalue weighted by molar-refractivity contribution is 5.94. The van der Waals surface area contributed by atoms with Crippen LogP contribution in [0.25, 0.3) is 0 Å². The van der Waals surface area contributed by atoms with Gasteiger partial charge in [0.05, 0.1) is 18.1 Å². The average molecular weight is 352 g/mol. The van der Waals surface area contributed by atoms with E-state index in [9.17, 15) is 9.90 Å². The number of nitrogens with zero attached hydrogens (tertiary/aromatic N) is 4. The number of hydrogen-bond acceptors (Lipinski definition) is 7.